The Morgan fingerprint density at radius 1 is 1.27 bits per heavy atom. The summed E-state index contributed by atoms with van der Waals surface area (Å²) in [7, 11) is 3.84. The van der Waals surface area contributed by atoms with Gasteiger partial charge in [0.1, 0.15) is 0 Å². The van der Waals surface area contributed by atoms with Crippen molar-refractivity contribution in [1.82, 2.24) is 15.0 Å². The molecule has 1 rings (SSSR count). The Kier molecular flexibility index (Phi) is 4.61. The van der Waals surface area contributed by atoms with Crippen molar-refractivity contribution < 1.29 is 0 Å². The number of nitrogens with zero attached hydrogens (tertiary/aromatic N) is 4. The molecule has 84 valence electrons. The van der Waals surface area contributed by atoms with E-state index in [1.807, 2.05) is 25.3 Å². The highest BCUT2D eigenvalue weighted by Gasteiger charge is 2.06. The molecule has 0 unspecified atom stereocenters. The Bertz CT molecular complexity index is 315. The molecule has 0 aromatic carbocycles. The standard InChI is InChI=1S/C9H17N5S/c1-5-6-10-7-11-8(14(2)3)13-9(12-7)15-4/h5-6H2,1-4H3,(H,10,11,12,13). The van der Waals surface area contributed by atoms with Gasteiger partial charge in [-0.2, -0.15) is 15.0 Å². The quantitative estimate of drug-likeness (QED) is 0.769. The molecule has 0 saturated heterocycles. The molecule has 0 aliphatic heterocycles. The molecule has 1 N–H and O–H groups in total. The van der Waals surface area contributed by atoms with Gasteiger partial charge in [-0.15, -0.1) is 0 Å². The third-order valence-electron chi connectivity index (χ3n) is 1.72. The lowest BCUT2D eigenvalue weighted by Crippen LogP contribution is -2.16. The van der Waals surface area contributed by atoms with E-state index >= 15 is 0 Å². The molecule has 0 fully saturated rings. The number of thioether (sulfide) groups is 1. The predicted molar refractivity (Wildman–Crippen MR) is 64.7 cm³/mol. The number of aromatic nitrogens is 3. The number of anilines is 2. The Labute approximate surface area is 94.7 Å². The third kappa shape index (κ3) is 3.54. The molecule has 5 nitrogen and oxygen atoms in total. The van der Waals surface area contributed by atoms with Crippen LogP contribution in [0.3, 0.4) is 0 Å². The Hall–Kier alpha value is -1.04. The summed E-state index contributed by atoms with van der Waals surface area (Å²) in [5.41, 5.74) is 0. The number of hydrogen-bond donors (Lipinski definition) is 1. The van der Waals surface area contributed by atoms with Crippen LogP contribution < -0.4 is 10.2 Å². The van der Waals surface area contributed by atoms with Crippen molar-refractivity contribution in [1.29, 1.82) is 0 Å². The van der Waals surface area contributed by atoms with Crippen molar-refractivity contribution in [2.24, 2.45) is 0 Å². The number of rotatable bonds is 5. The predicted octanol–water partition coefficient (Wildman–Crippen LogP) is 1.48. The van der Waals surface area contributed by atoms with Crippen LogP contribution in [-0.4, -0.2) is 41.8 Å². The van der Waals surface area contributed by atoms with Crippen molar-refractivity contribution in [3.8, 4) is 0 Å². The van der Waals surface area contributed by atoms with Gasteiger partial charge >= 0.3 is 0 Å². The third-order valence-corrected chi connectivity index (χ3v) is 2.27. The second-order valence-corrected chi connectivity index (χ2v) is 4.04. The normalized spacial score (nSPS) is 10.1. The summed E-state index contributed by atoms with van der Waals surface area (Å²) in [5, 5.41) is 3.90. The molecular formula is C9H17N5S. The maximum atomic E-state index is 4.30. The lowest BCUT2D eigenvalue weighted by Gasteiger charge is -2.12. The molecule has 0 aliphatic carbocycles. The minimum Gasteiger partial charge on any atom is -0.354 e. The molecule has 6 heteroatoms. The van der Waals surface area contributed by atoms with Gasteiger partial charge < -0.3 is 10.2 Å². The van der Waals surface area contributed by atoms with E-state index in [4.69, 9.17) is 0 Å². The van der Waals surface area contributed by atoms with Crippen LogP contribution in [0.5, 0.6) is 0 Å². The fourth-order valence-electron chi connectivity index (χ4n) is 0.953. The van der Waals surface area contributed by atoms with Crippen LogP contribution in [0.2, 0.25) is 0 Å². The Balaban J connectivity index is 2.90. The van der Waals surface area contributed by atoms with Gasteiger partial charge in [0.15, 0.2) is 5.16 Å². The summed E-state index contributed by atoms with van der Waals surface area (Å²) < 4.78 is 0. The molecule has 0 bridgehead atoms. The van der Waals surface area contributed by atoms with E-state index in [2.05, 4.69) is 27.2 Å². The van der Waals surface area contributed by atoms with Gasteiger partial charge in [0.25, 0.3) is 0 Å². The van der Waals surface area contributed by atoms with Crippen LogP contribution in [0.4, 0.5) is 11.9 Å². The van der Waals surface area contributed by atoms with Gasteiger partial charge in [-0.05, 0) is 12.7 Å². The maximum absolute atomic E-state index is 4.30. The van der Waals surface area contributed by atoms with Crippen LogP contribution >= 0.6 is 11.8 Å². The van der Waals surface area contributed by atoms with E-state index in [0.717, 1.165) is 18.1 Å². The SMILES string of the molecule is CCCNc1nc(SC)nc(N(C)C)n1. The monoisotopic (exact) mass is 227 g/mol. The van der Waals surface area contributed by atoms with Crippen LogP contribution in [0.15, 0.2) is 5.16 Å². The highest BCUT2D eigenvalue weighted by Crippen LogP contribution is 2.14. The summed E-state index contributed by atoms with van der Waals surface area (Å²) in [5.74, 6) is 1.34. The maximum Gasteiger partial charge on any atom is 0.230 e. The van der Waals surface area contributed by atoms with E-state index in [1.54, 1.807) is 0 Å². The minimum atomic E-state index is 0.653. The molecule has 15 heavy (non-hydrogen) atoms. The van der Waals surface area contributed by atoms with Gasteiger partial charge in [-0.25, -0.2) is 0 Å². The highest BCUT2D eigenvalue weighted by molar-refractivity contribution is 7.98. The average Bonchev–Trinajstić information content (AvgIpc) is 2.25. The molecule has 0 atom stereocenters. The zero-order chi connectivity index (χ0) is 11.3. The van der Waals surface area contributed by atoms with Crippen LogP contribution in [0, 0.1) is 0 Å². The first-order valence-electron chi connectivity index (χ1n) is 4.88. The molecule has 0 spiro atoms. The largest absolute Gasteiger partial charge is 0.354 e. The van der Waals surface area contributed by atoms with Crippen molar-refractivity contribution in [2.45, 2.75) is 18.5 Å². The molecular weight excluding hydrogens is 210 g/mol. The second kappa shape index (κ2) is 5.75. The van der Waals surface area contributed by atoms with Crippen molar-refractivity contribution in [3.05, 3.63) is 0 Å². The minimum absolute atomic E-state index is 0.653. The van der Waals surface area contributed by atoms with E-state index < -0.39 is 0 Å². The van der Waals surface area contributed by atoms with E-state index in [0.29, 0.717) is 11.9 Å². The summed E-state index contributed by atoms with van der Waals surface area (Å²) in [6.45, 7) is 2.99. The summed E-state index contributed by atoms with van der Waals surface area (Å²) in [6.07, 6.45) is 3.01. The van der Waals surface area contributed by atoms with Gasteiger partial charge in [-0.3, -0.25) is 0 Å². The lowest BCUT2D eigenvalue weighted by molar-refractivity contribution is 0.853. The van der Waals surface area contributed by atoms with Gasteiger partial charge in [-0.1, -0.05) is 18.7 Å². The summed E-state index contributed by atoms with van der Waals surface area (Å²) in [6, 6.07) is 0. The average molecular weight is 227 g/mol. The Morgan fingerprint density at radius 3 is 2.53 bits per heavy atom. The zero-order valence-corrected chi connectivity index (χ0v) is 10.4. The molecule has 0 saturated carbocycles. The van der Waals surface area contributed by atoms with E-state index in [9.17, 15) is 0 Å². The van der Waals surface area contributed by atoms with Crippen LogP contribution in [0.25, 0.3) is 0 Å². The van der Waals surface area contributed by atoms with Crippen molar-refractivity contribution in [3.63, 3.8) is 0 Å². The molecule has 0 radical (unpaired) electrons. The number of nitrogens with one attached hydrogen (secondary N) is 1. The summed E-state index contributed by atoms with van der Waals surface area (Å²) >= 11 is 1.52. The zero-order valence-electron chi connectivity index (χ0n) is 9.61. The van der Waals surface area contributed by atoms with Crippen molar-refractivity contribution in [2.75, 3.05) is 37.1 Å². The molecule has 1 aromatic rings. The molecule has 1 heterocycles. The first-order chi connectivity index (χ1) is 7.17. The van der Waals surface area contributed by atoms with Gasteiger partial charge in [0.05, 0.1) is 0 Å². The molecule has 0 aliphatic rings. The highest BCUT2D eigenvalue weighted by atomic mass is 32.2. The Morgan fingerprint density at radius 2 is 2.00 bits per heavy atom. The second-order valence-electron chi connectivity index (χ2n) is 3.27. The fourth-order valence-corrected chi connectivity index (χ4v) is 1.30. The topological polar surface area (TPSA) is 53.9 Å². The van der Waals surface area contributed by atoms with Gasteiger partial charge in [0, 0.05) is 20.6 Å². The van der Waals surface area contributed by atoms with Crippen molar-refractivity contribution >= 4 is 23.7 Å². The lowest BCUT2D eigenvalue weighted by atomic mass is 10.5. The number of hydrogen-bond acceptors (Lipinski definition) is 6. The fraction of sp³-hybridized carbons (Fsp3) is 0.667. The van der Waals surface area contributed by atoms with Gasteiger partial charge in [0.2, 0.25) is 11.9 Å². The smallest absolute Gasteiger partial charge is 0.230 e. The van der Waals surface area contributed by atoms with Crippen LogP contribution in [0.1, 0.15) is 13.3 Å². The van der Waals surface area contributed by atoms with E-state index in [1.165, 1.54) is 11.8 Å². The first-order valence-corrected chi connectivity index (χ1v) is 6.11. The molecule has 0 amide bonds. The molecule has 1 aromatic heterocycles. The van der Waals surface area contributed by atoms with Crippen LogP contribution in [-0.2, 0) is 0 Å². The first kappa shape index (κ1) is 12.0. The van der Waals surface area contributed by atoms with E-state index in [-0.39, 0.29) is 0 Å². The summed E-state index contributed by atoms with van der Waals surface area (Å²) in [4.78, 5) is 14.7.